The zero-order valence-electron chi connectivity index (χ0n) is 12.7. The van der Waals surface area contributed by atoms with Crippen LogP contribution in [-0.4, -0.2) is 61.5 Å². The summed E-state index contributed by atoms with van der Waals surface area (Å²) in [7, 11) is -1.72. The Morgan fingerprint density at radius 3 is 2.40 bits per heavy atom. The van der Waals surface area contributed by atoms with Gasteiger partial charge in [0.05, 0.1) is 12.7 Å². The fraction of sp³-hybridized carbons (Fsp3) is 1.00. The Kier molecular flexibility index (Phi) is 5.07. The Bertz CT molecular complexity index is 421. The SMILES string of the molecule is C[C@@H]1CN(S(=O)(=O)N(C)C2CCC(N)CC2)[C@@H](C)CO1. The average Bonchev–Trinajstić information content (AvgIpc) is 2.41. The van der Waals surface area contributed by atoms with Crippen molar-refractivity contribution in [3.05, 3.63) is 0 Å². The van der Waals surface area contributed by atoms with Gasteiger partial charge in [-0.1, -0.05) is 0 Å². The minimum absolute atomic E-state index is 0.0471. The van der Waals surface area contributed by atoms with E-state index in [1.165, 1.54) is 0 Å². The van der Waals surface area contributed by atoms with Crippen LogP contribution in [-0.2, 0) is 14.9 Å². The molecule has 1 aliphatic heterocycles. The minimum Gasteiger partial charge on any atom is -0.375 e. The van der Waals surface area contributed by atoms with Crippen LogP contribution >= 0.6 is 0 Å². The van der Waals surface area contributed by atoms with Crippen LogP contribution < -0.4 is 5.73 Å². The van der Waals surface area contributed by atoms with Crippen molar-refractivity contribution in [2.24, 2.45) is 5.73 Å². The highest BCUT2D eigenvalue weighted by Gasteiger charge is 2.38. The lowest BCUT2D eigenvalue weighted by Crippen LogP contribution is -2.56. The predicted molar refractivity (Wildman–Crippen MR) is 78.5 cm³/mol. The van der Waals surface area contributed by atoms with Gasteiger partial charge in [-0.05, 0) is 39.5 Å². The van der Waals surface area contributed by atoms with Crippen LogP contribution in [0.15, 0.2) is 0 Å². The summed E-state index contributed by atoms with van der Waals surface area (Å²) in [5.41, 5.74) is 5.89. The number of ether oxygens (including phenoxy) is 1. The van der Waals surface area contributed by atoms with Gasteiger partial charge < -0.3 is 10.5 Å². The number of nitrogens with two attached hydrogens (primary N) is 1. The van der Waals surface area contributed by atoms with E-state index in [-0.39, 0.29) is 24.2 Å². The molecule has 0 spiro atoms. The Morgan fingerprint density at radius 1 is 1.20 bits per heavy atom. The van der Waals surface area contributed by atoms with E-state index in [0.29, 0.717) is 13.2 Å². The molecule has 1 aliphatic carbocycles. The minimum atomic E-state index is -3.42. The first-order valence-corrected chi connectivity index (χ1v) is 8.84. The van der Waals surface area contributed by atoms with Gasteiger partial charge in [0.15, 0.2) is 0 Å². The van der Waals surface area contributed by atoms with Crippen LogP contribution in [0.3, 0.4) is 0 Å². The molecule has 118 valence electrons. The van der Waals surface area contributed by atoms with E-state index in [2.05, 4.69) is 0 Å². The fourth-order valence-corrected chi connectivity index (χ4v) is 4.85. The molecule has 6 nitrogen and oxygen atoms in total. The summed E-state index contributed by atoms with van der Waals surface area (Å²) in [6.07, 6.45) is 3.46. The summed E-state index contributed by atoms with van der Waals surface area (Å²) < 4.78 is 34.2. The van der Waals surface area contributed by atoms with Gasteiger partial charge in [-0.25, -0.2) is 0 Å². The monoisotopic (exact) mass is 305 g/mol. The second-order valence-corrected chi connectivity index (χ2v) is 8.10. The van der Waals surface area contributed by atoms with Crippen molar-refractivity contribution in [2.45, 2.75) is 63.8 Å². The predicted octanol–water partition coefficient (Wildman–Crippen LogP) is 0.542. The molecule has 1 saturated carbocycles. The van der Waals surface area contributed by atoms with E-state index < -0.39 is 10.2 Å². The number of morpholine rings is 1. The van der Waals surface area contributed by atoms with Crippen molar-refractivity contribution < 1.29 is 13.2 Å². The number of hydrogen-bond donors (Lipinski definition) is 1. The normalized spacial score (nSPS) is 37.2. The van der Waals surface area contributed by atoms with Crippen molar-refractivity contribution >= 4 is 10.2 Å². The lowest BCUT2D eigenvalue weighted by atomic mass is 9.92. The molecule has 20 heavy (non-hydrogen) atoms. The van der Waals surface area contributed by atoms with Gasteiger partial charge in [-0.15, -0.1) is 0 Å². The molecule has 0 radical (unpaired) electrons. The Hall–Kier alpha value is -0.210. The molecule has 0 aromatic carbocycles. The van der Waals surface area contributed by atoms with Crippen molar-refractivity contribution in [3.63, 3.8) is 0 Å². The maximum atomic E-state index is 12.8. The van der Waals surface area contributed by atoms with Crippen molar-refractivity contribution in [2.75, 3.05) is 20.2 Å². The highest BCUT2D eigenvalue weighted by molar-refractivity contribution is 7.86. The van der Waals surface area contributed by atoms with Gasteiger partial charge in [0.25, 0.3) is 10.2 Å². The molecule has 0 bridgehead atoms. The standard InChI is InChI=1S/C13H27N3O3S/c1-10-9-19-11(2)8-16(10)20(17,18)15(3)13-6-4-12(14)5-7-13/h10-13H,4-9,14H2,1-3H3/t10-,11+,12?,13?/m0/s1. The Balaban J connectivity index is 2.08. The van der Waals surface area contributed by atoms with E-state index in [1.54, 1.807) is 15.7 Å². The Morgan fingerprint density at radius 2 is 1.80 bits per heavy atom. The molecular weight excluding hydrogens is 278 g/mol. The zero-order valence-corrected chi connectivity index (χ0v) is 13.5. The number of nitrogens with zero attached hydrogens (tertiary/aromatic N) is 2. The highest BCUT2D eigenvalue weighted by atomic mass is 32.2. The van der Waals surface area contributed by atoms with E-state index in [4.69, 9.17) is 10.5 Å². The molecule has 0 aromatic rings. The molecule has 2 N–H and O–H groups in total. The van der Waals surface area contributed by atoms with Gasteiger partial charge in [0.1, 0.15) is 0 Å². The van der Waals surface area contributed by atoms with Crippen LogP contribution in [0.1, 0.15) is 39.5 Å². The van der Waals surface area contributed by atoms with E-state index in [1.807, 2.05) is 13.8 Å². The molecule has 1 saturated heterocycles. The molecule has 0 aromatic heterocycles. The molecule has 0 unspecified atom stereocenters. The fourth-order valence-electron chi connectivity index (χ4n) is 3.01. The lowest BCUT2D eigenvalue weighted by Gasteiger charge is -2.41. The molecule has 7 heteroatoms. The van der Waals surface area contributed by atoms with Gasteiger partial charge in [-0.3, -0.25) is 0 Å². The van der Waals surface area contributed by atoms with Crippen LogP contribution in [0.5, 0.6) is 0 Å². The number of hydrogen-bond acceptors (Lipinski definition) is 4. The first kappa shape index (κ1) is 16.2. The zero-order chi connectivity index (χ0) is 14.9. The van der Waals surface area contributed by atoms with E-state index >= 15 is 0 Å². The summed E-state index contributed by atoms with van der Waals surface area (Å²) in [5.74, 6) is 0. The molecule has 2 aliphatic rings. The number of rotatable bonds is 3. The maximum Gasteiger partial charge on any atom is 0.282 e. The van der Waals surface area contributed by atoms with Crippen molar-refractivity contribution in [3.8, 4) is 0 Å². The second kappa shape index (κ2) is 6.27. The van der Waals surface area contributed by atoms with Crippen LogP contribution in [0.25, 0.3) is 0 Å². The van der Waals surface area contributed by atoms with Crippen LogP contribution in [0.2, 0.25) is 0 Å². The summed E-state index contributed by atoms with van der Waals surface area (Å²) in [5, 5.41) is 0. The largest absolute Gasteiger partial charge is 0.375 e. The highest BCUT2D eigenvalue weighted by Crippen LogP contribution is 2.26. The van der Waals surface area contributed by atoms with Crippen molar-refractivity contribution in [1.29, 1.82) is 0 Å². The molecule has 2 fully saturated rings. The lowest BCUT2D eigenvalue weighted by molar-refractivity contribution is -0.0194. The van der Waals surface area contributed by atoms with Crippen LogP contribution in [0, 0.1) is 0 Å². The summed E-state index contributed by atoms with van der Waals surface area (Å²) >= 11 is 0. The quantitative estimate of drug-likeness (QED) is 0.826. The molecule has 0 amide bonds. The molecule has 1 heterocycles. The van der Waals surface area contributed by atoms with E-state index in [0.717, 1.165) is 25.7 Å². The molecular formula is C13H27N3O3S. The first-order valence-electron chi connectivity index (χ1n) is 7.44. The Labute approximate surface area is 122 Å². The van der Waals surface area contributed by atoms with Gasteiger partial charge in [-0.2, -0.15) is 17.0 Å². The van der Waals surface area contributed by atoms with Gasteiger partial charge in [0.2, 0.25) is 0 Å². The molecule has 2 atom stereocenters. The van der Waals surface area contributed by atoms with Crippen molar-refractivity contribution in [1.82, 2.24) is 8.61 Å². The third kappa shape index (κ3) is 3.33. The van der Waals surface area contributed by atoms with Crippen LogP contribution in [0.4, 0.5) is 0 Å². The first-order chi connectivity index (χ1) is 9.32. The summed E-state index contributed by atoms with van der Waals surface area (Å²) in [6, 6.07) is 0.194. The third-order valence-corrected chi connectivity index (χ3v) is 6.59. The average molecular weight is 305 g/mol. The van der Waals surface area contributed by atoms with Gasteiger partial charge in [0, 0.05) is 31.7 Å². The summed E-state index contributed by atoms with van der Waals surface area (Å²) in [4.78, 5) is 0. The maximum absolute atomic E-state index is 12.8. The molecule has 2 rings (SSSR count). The smallest absolute Gasteiger partial charge is 0.282 e. The topological polar surface area (TPSA) is 75.9 Å². The summed E-state index contributed by atoms with van der Waals surface area (Å²) in [6.45, 7) is 4.70. The second-order valence-electron chi connectivity index (χ2n) is 6.16. The van der Waals surface area contributed by atoms with E-state index in [9.17, 15) is 8.42 Å². The third-order valence-electron chi connectivity index (χ3n) is 4.47. The van der Waals surface area contributed by atoms with Gasteiger partial charge >= 0.3 is 0 Å².